The van der Waals surface area contributed by atoms with Crippen molar-refractivity contribution in [1.82, 2.24) is 10.2 Å². The third-order valence-electron chi connectivity index (χ3n) is 4.32. The van der Waals surface area contributed by atoms with E-state index >= 15 is 0 Å². The predicted molar refractivity (Wildman–Crippen MR) is 73.1 cm³/mol. The van der Waals surface area contributed by atoms with Crippen LogP contribution in [0.15, 0.2) is 16.5 Å². The second kappa shape index (κ2) is 5.37. The van der Waals surface area contributed by atoms with Crippen molar-refractivity contribution in [3.8, 4) is 0 Å². The SMILES string of the molecule is Cc1ccc(C(=O)N2CCCCC2C2CCCN2)o1. The Morgan fingerprint density at radius 1 is 1.32 bits per heavy atom. The highest BCUT2D eigenvalue weighted by Gasteiger charge is 2.35. The number of aryl methyl sites for hydroxylation is 1. The molecule has 3 heterocycles. The molecule has 2 fully saturated rings. The van der Waals surface area contributed by atoms with E-state index < -0.39 is 0 Å². The van der Waals surface area contributed by atoms with Gasteiger partial charge in [0.05, 0.1) is 0 Å². The first kappa shape index (κ1) is 12.7. The molecule has 2 atom stereocenters. The monoisotopic (exact) mass is 262 g/mol. The fraction of sp³-hybridized carbons (Fsp3) is 0.667. The maximum atomic E-state index is 12.6. The molecular formula is C15H22N2O2. The van der Waals surface area contributed by atoms with Crippen LogP contribution in [0.2, 0.25) is 0 Å². The largest absolute Gasteiger partial charge is 0.456 e. The van der Waals surface area contributed by atoms with Crippen molar-refractivity contribution < 1.29 is 9.21 Å². The van der Waals surface area contributed by atoms with Crippen LogP contribution >= 0.6 is 0 Å². The van der Waals surface area contributed by atoms with E-state index in [-0.39, 0.29) is 5.91 Å². The van der Waals surface area contributed by atoms with E-state index in [1.807, 2.05) is 17.9 Å². The maximum absolute atomic E-state index is 12.6. The van der Waals surface area contributed by atoms with Gasteiger partial charge in [-0.15, -0.1) is 0 Å². The van der Waals surface area contributed by atoms with Crippen LogP contribution in [-0.4, -0.2) is 36.0 Å². The fourth-order valence-electron chi connectivity index (χ4n) is 3.36. The van der Waals surface area contributed by atoms with E-state index in [1.165, 1.54) is 19.3 Å². The van der Waals surface area contributed by atoms with Gasteiger partial charge in [0, 0.05) is 18.6 Å². The quantitative estimate of drug-likeness (QED) is 0.889. The molecule has 0 bridgehead atoms. The summed E-state index contributed by atoms with van der Waals surface area (Å²) in [4.78, 5) is 14.6. The van der Waals surface area contributed by atoms with Crippen molar-refractivity contribution in [3.63, 3.8) is 0 Å². The van der Waals surface area contributed by atoms with E-state index in [9.17, 15) is 4.79 Å². The molecule has 1 aromatic heterocycles. The lowest BCUT2D eigenvalue weighted by Gasteiger charge is -2.38. The first-order valence-corrected chi connectivity index (χ1v) is 7.36. The van der Waals surface area contributed by atoms with E-state index in [0.29, 0.717) is 17.8 Å². The van der Waals surface area contributed by atoms with E-state index in [4.69, 9.17) is 4.42 Å². The molecule has 0 spiro atoms. The van der Waals surface area contributed by atoms with Crippen molar-refractivity contribution in [3.05, 3.63) is 23.7 Å². The number of carbonyl (C=O) groups is 1. The highest BCUT2D eigenvalue weighted by atomic mass is 16.3. The molecule has 2 aliphatic rings. The van der Waals surface area contributed by atoms with Crippen molar-refractivity contribution in [1.29, 1.82) is 0 Å². The second-order valence-electron chi connectivity index (χ2n) is 5.67. The van der Waals surface area contributed by atoms with Crippen LogP contribution in [0.4, 0.5) is 0 Å². The highest BCUT2D eigenvalue weighted by Crippen LogP contribution is 2.26. The minimum atomic E-state index is 0.0616. The Morgan fingerprint density at radius 2 is 2.21 bits per heavy atom. The molecule has 2 saturated heterocycles. The van der Waals surface area contributed by atoms with E-state index in [1.54, 1.807) is 6.07 Å². The number of nitrogens with zero attached hydrogens (tertiary/aromatic N) is 1. The average Bonchev–Trinajstić information content (AvgIpc) is 3.09. The van der Waals surface area contributed by atoms with Crippen molar-refractivity contribution in [2.24, 2.45) is 0 Å². The van der Waals surface area contributed by atoms with Crippen molar-refractivity contribution in [2.45, 2.75) is 51.1 Å². The number of hydrogen-bond donors (Lipinski definition) is 1. The summed E-state index contributed by atoms with van der Waals surface area (Å²) in [5.41, 5.74) is 0. The van der Waals surface area contributed by atoms with Crippen molar-refractivity contribution in [2.75, 3.05) is 13.1 Å². The Kier molecular flexibility index (Phi) is 3.60. The molecule has 0 saturated carbocycles. The molecule has 19 heavy (non-hydrogen) atoms. The second-order valence-corrected chi connectivity index (χ2v) is 5.67. The Bertz CT molecular complexity index is 449. The summed E-state index contributed by atoms with van der Waals surface area (Å²) in [5, 5.41) is 3.54. The first-order chi connectivity index (χ1) is 9.25. The van der Waals surface area contributed by atoms with Gasteiger partial charge < -0.3 is 14.6 Å². The van der Waals surface area contributed by atoms with Crippen LogP contribution in [0, 0.1) is 6.92 Å². The summed E-state index contributed by atoms with van der Waals surface area (Å²) in [5.74, 6) is 1.35. The number of furan rings is 1. The smallest absolute Gasteiger partial charge is 0.289 e. The zero-order valence-electron chi connectivity index (χ0n) is 11.5. The number of nitrogens with one attached hydrogen (secondary N) is 1. The number of likely N-dealkylation sites (tertiary alicyclic amines) is 1. The Balaban J connectivity index is 1.77. The third kappa shape index (κ3) is 2.54. The molecule has 104 valence electrons. The molecule has 0 aromatic carbocycles. The summed E-state index contributed by atoms with van der Waals surface area (Å²) in [6.45, 7) is 3.83. The average molecular weight is 262 g/mol. The predicted octanol–water partition coefficient (Wildman–Crippen LogP) is 2.33. The Morgan fingerprint density at radius 3 is 2.89 bits per heavy atom. The van der Waals surface area contributed by atoms with Crippen LogP contribution in [0.1, 0.15) is 48.4 Å². The van der Waals surface area contributed by atoms with Gasteiger partial charge in [-0.1, -0.05) is 0 Å². The lowest BCUT2D eigenvalue weighted by atomic mass is 9.94. The van der Waals surface area contributed by atoms with E-state index in [2.05, 4.69) is 5.32 Å². The minimum Gasteiger partial charge on any atom is -0.456 e. The standard InChI is InChI=1S/C15H22N2O2/c1-11-7-8-14(19-11)15(18)17-10-3-2-6-13(17)12-5-4-9-16-12/h7-8,12-13,16H,2-6,9-10H2,1H3. The van der Waals surface area contributed by atoms with Crippen LogP contribution in [-0.2, 0) is 0 Å². The molecule has 3 rings (SSSR count). The molecule has 1 N–H and O–H groups in total. The number of hydrogen-bond acceptors (Lipinski definition) is 3. The molecule has 0 radical (unpaired) electrons. The molecule has 4 nitrogen and oxygen atoms in total. The summed E-state index contributed by atoms with van der Waals surface area (Å²) in [7, 11) is 0. The van der Waals surface area contributed by atoms with Crippen LogP contribution < -0.4 is 5.32 Å². The van der Waals surface area contributed by atoms with Gasteiger partial charge in [-0.2, -0.15) is 0 Å². The molecular weight excluding hydrogens is 240 g/mol. The summed E-state index contributed by atoms with van der Waals surface area (Å²) >= 11 is 0. The molecule has 1 aromatic rings. The van der Waals surface area contributed by atoms with Gasteiger partial charge in [-0.25, -0.2) is 0 Å². The third-order valence-corrected chi connectivity index (χ3v) is 4.32. The van der Waals surface area contributed by atoms with Gasteiger partial charge in [0.25, 0.3) is 5.91 Å². The fourth-order valence-corrected chi connectivity index (χ4v) is 3.36. The zero-order valence-corrected chi connectivity index (χ0v) is 11.5. The first-order valence-electron chi connectivity index (χ1n) is 7.36. The maximum Gasteiger partial charge on any atom is 0.289 e. The van der Waals surface area contributed by atoms with Crippen molar-refractivity contribution >= 4 is 5.91 Å². The van der Waals surface area contributed by atoms with Gasteiger partial charge in [0.2, 0.25) is 0 Å². The number of piperidine rings is 1. The molecule has 0 aliphatic carbocycles. The van der Waals surface area contributed by atoms with Gasteiger partial charge in [-0.3, -0.25) is 4.79 Å². The Labute approximate surface area is 114 Å². The lowest BCUT2D eigenvalue weighted by Crippen LogP contribution is -2.52. The van der Waals surface area contributed by atoms with Gasteiger partial charge in [0.15, 0.2) is 5.76 Å². The van der Waals surface area contributed by atoms with Crippen LogP contribution in [0.25, 0.3) is 0 Å². The Hall–Kier alpha value is -1.29. The molecule has 2 aliphatic heterocycles. The number of carbonyl (C=O) groups excluding carboxylic acids is 1. The summed E-state index contributed by atoms with van der Waals surface area (Å²) < 4.78 is 5.50. The lowest BCUT2D eigenvalue weighted by molar-refractivity contribution is 0.0530. The molecule has 1 amide bonds. The van der Waals surface area contributed by atoms with Gasteiger partial charge in [0.1, 0.15) is 5.76 Å². The van der Waals surface area contributed by atoms with Crippen LogP contribution in [0.5, 0.6) is 0 Å². The number of amides is 1. The summed E-state index contributed by atoms with van der Waals surface area (Å²) in [6, 6.07) is 4.47. The molecule has 2 unspecified atom stereocenters. The highest BCUT2D eigenvalue weighted by molar-refractivity contribution is 5.91. The van der Waals surface area contributed by atoms with Crippen LogP contribution in [0.3, 0.4) is 0 Å². The van der Waals surface area contributed by atoms with Gasteiger partial charge >= 0.3 is 0 Å². The summed E-state index contributed by atoms with van der Waals surface area (Å²) in [6.07, 6.45) is 5.86. The van der Waals surface area contributed by atoms with E-state index in [0.717, 1.165) is 31.7 Å². The zero-order chi connectivity index (χ0) is 13.2. The number of rotatable bonds is 2. The topological polar surface area (TPSA) is 45.5 Å². The van der Waals surface area contributed by atoms with Gasteiger partial charge in [-0.05, 0) is 57.7 Å². The molecule has 4 heteroatoms. The normalized spacial score (nSPS) is 27.7. The minimum absolute atomic E-state index is 0.0616.